The Morgan fingerprint density at radius 3 is 1.63 bits per heavy atom. The number of nitrogens with zero attached hydrogens (tertiary/aromatic N) is 3. The normalized spacial score (nSPS) is 11.5. The van der Waals surface area contributed by atoms with Gasteiger partial charge in [-0.3, -0.25) is 4.57 Å². The largest absolute Gasteiger partial charge is 0.275 e. The topological polar surface area (TPSA) is 30.7 Å². The molecule has 4 aromatic carbocycles. The van der Waals surface area contributed by atoms with Crippen LogP contribution in [0.15, 0.2) is 103 Å². The van der Waals surface area contributed by atoms with Gasteiger partial charge >= 0.3 is 0 Å². The Morgan fingerprint density at radius 2 is 1.06 bits per heavy atom. The fraction of sp³-hybridized carbons (Fsp3) is 0.188. The minimum Gasteiger partial charge on any atom is -0.275 e. The molecule has 0 aliphatic rings. The van der Waals surface area contributed by atoms with E-state index in [9.17, 15) is 0 Å². The zero-order valence-corrected chi connectivity index (χ0v) is 20.9. The molecule has 0 amide bonds. The molecule has 5 rings (SSSR count). The van der Waals surface area contributed by atoms with Gasteiger partial charge in [-0.2, -0.15) is 0 Å². The summed E-state index contributed by atoms with van der Waals surface area (Å²) in [7, 11) is 0. The fourth-order valence-electron chi connectivity index (χ4n) is 4.48. The highest BCUT2D eigenvalue weighted by molar-refractivity contribution is 5.71. The van der Waals surface area contributed by atoms with Crippen molar-refractivity contribution in [1.82, 2.24) is 14.8 Å². The van der Waals surface area contributed by atoms with Crippen LogP contribution in [0, 0.1) is 0 Å². The number of benzene rings is 4. The van der Waals surface area contributed by atoms with E-state index >= 15 is 0 Å². The van der Waals surface area contributed by atoms with E-state index in [1.165, 1.54) is 22.3 Å². The molecular weight excluding hydrogens is 426 g/mol. The Labute approximate surface area is 208 Å². The lowest BCUT2D eigenvalue weighted by Crippen LogP contribution is -2.10. The summed E-state index contributed by atoms with van der Waals surface area (Å²) in [5, 5.41) is 9.40. The Balaban J connectivity index is 1.64. The predicted molar refractivity (Wildman–Crippen MR) is 146 cm³/mol. The molecule has 0 spiro atoms. The third kappa shape index (κ3) is 4.54. The van der Waals surface area contributed by atoms with Gasteiger partial charge < -0.3 is 0 Å². The first kappa shape index (κ1) is 22.8. The van der Waals surface area contributed by atoms with Crippen molar-refractivity contribution in [2.75, 3.05) is 0 Å². The van der Waals surface area contributed by atoms with Crippen molar-refractivity contribution in [3.63, 3.8) is 0 Å². The Hall–Kier alpha value is -3.98. The Kier molecular flexibility index (Phi) is 6.08. The van der Waals surface area contributed by atoms with Gasteiger partial charge in [0.05, 0.1) is 5.69 Å². The molecular formula is C32H31N3. The van der Waals surface area contributed by atoms with Gasteiger partial charge in [0.1, 0.15) is 0 Å². The maximum atomic E-state index is 4.70. The van der Waals surface area contributed by atoms with Crippen molar-refractivity contribution in [3.05, 3.63) is 114 Å². The molecule has 1 heterocycles. The highest BCUT2D eigenvalue weighted by Crippen LogP contribution is 2.32. The molecule has 3 heteroatoms. The van der Waals surface area contributed by atoms with Crippen molar-refractivity contribution in [3.8, 4) is 39.6 Å². The van der Waals surface area contributed by atoms with E-state index in [-0.39, 0.29) is 5.41 Å². The van der Waals surface area contributed by atoms with Crippen LogP contribution in [0.2, 0.25) is 0 Å². The molecule has 0 radical (unpaired) electrons. The fourth-order valence-corrected chi connectivity index (χ4v) is 4.48. The summed E-state index contributed by atoms with van der Waals surface area (Å²) in [4.78, 5) is 0. The number of hydrogen-bond donors (Lipinski definition) is 0. The molecule has 5 aromatic rings. The lowest BCUT2D eigenvalue weighted by atomic mass is 9.86. The van der Waals surface area contributed by atoms with Gasteiger partial charge in [0.2, 0.25) is 0 Å². The second kappa shape index (κ2) is 9.34. The van der Waals surface area contributed by atoms with Crippen LogP contribution in [-0.2, 0) is 11.8 Å². The van der Waals surface area contributed by atoms with Crippen LogP contribution < -0.4 is 0 Å². The van der Waals surface area contributed by atoms with E-state index in [2.05, 4.69) is 129 Å². The molecule has 0 saturated heterocycles. The van der Waals surface area contributed by atoms with Crippen molar-refractivity contribution in [1.29, 1.82) is 0 Å². The first-order chi connectivity index (χ1) is 17.0. The second-order valence-electron chi connectivity index (χ2n) is 9.94. The summed E-state index contributed by atoms with van der Waals surface area (Å²) < 4.78 is 2.21. The van der Waals surface area contributed by atoms with Crippen LogP contribution in [0.3, 0.4) is 0 Å². The summed E-state index contributed by atoms with van der Waals surface area (Å²) in [6.45, 7) is 8.90. The molecule has 0 N–H and O–H groups in total. The van der Waals surface area contributed by atoms with Crippen molar-refractivity contribution in [2.24, 2.45) is 0 Å². The SMILES string of the molecule is CCc1ccccc1-n1c(-c2ccc(-c3ccccc3)cc2)nnc1-c1ccc(C(C)(C)C)cc1. The van der Waals surface area contributed by atoms with Gasteiger partial charge in [0.25, 0.3) is 0 Å². The van der Waals surface area contributed by atoms with Crippen LogP contribution in [0.25, 0.3) is 39.6 Å². The minimum absolute atomic E-state index is 0.104. The van der Waals surface area contributed by atoms with E-state index in [1.54, 1.807) is 0 Å². The molecule has 35 heavy (non-hydrogen) atoms. The zero-order valence-electron chi connectivity index (χ0n) is 20.9. The standard InChI is InChI=1S/C32H31N3/c1-5-23-11-9-10-14-29(23)35-30(26-17-15-25(16-18-26)24-12-7-6-8-13-24)33-34-31(35)27-19-21-28(22-20-27)32(2,3)4/h6-22H,5H2,1-4H3. The summed E-state index contributed by atoms with van der Waals surface area (Å²) in [5.41, 5.74) is 8.29. The van der Waals surface area contributed by atoms with Crippen LogP contribution in [-0.4, -0.2) is 14.8 Å². The molecule has 0 aliphatic carbocycles. The van der Waals surface area contributed by atoms with Crippen LogP contribution >= 0.6 is 0 Å². The number of hydrogen-bond acceptors (Lipinski definition) is 2. The molecule has 0 unspecified atom stereocenters. The maximum absolute atomic E-state index is 4.70. The lowest BCUT2D eigenvalue weighted by Gasteiger charge is -2.19. The van der Waals surface area contributed by atoms with E-state index in [4.69, 9.17) is 10.2 Å². The number of aryl methyl sites for hydroxylation is 1. The molecule has 3 nitrogen and oxygen atoms in total. The van der Waals surface area contributed by atoms with Crippen LogP contribution in [0.1, 0.15) is 38.8 Å². The van der Waals surface area contributed by atoms with E-state index in [0.717, 1.165) is 34.9 Å². The smallest absolute Gasteiger partial charge is 0.168 e. The third-order valence-corrected chi connectivity index (χ3v) is 6.54. The van der Waals surface area contributed by atoms with Crippen LogP contribution in [0.5, 0.6) is 0 Å². The summed E-state index contributed by atoms with van der Waals surface area (Å²) in [6, 6.07) is 36.3. The number of rotatable bonds is 5. The summed E-state index contributed by atoms with van der Waals surface area (Å²) >= 11 is 0. The maximum Gasteiger partial charge on any atom is 0.168 e. The average molecular weight is 458 g/mol. The quantitative estimate of drug-likeness (QED) is 0.267. The van der Waals surface area contributed by atoms with Crippen LogP contribution in [0.4, 0.5) is 0 Å². The monoisotopic (exact) mass is 457 g/mol. The van der Waals surface area contributed by atoms with Gasteiger partial charge in [-0.05, 0) is 40.2 Å². The van der Waals surface area contributed by atoms with Gasteiger partial charge in [-0.25, -0.2) is 0 Å². The van der Waals surface area contributed by atoms with E-state index in [0.29, 0.717) is 0 Å². The Bertz CT molecular complexity index is 1420. The van der Waals surface area contributed by atoms with Gasteiger partial charge in [-0.1, -0.05) is 125 Å². The average Bonchev–Trinajstić information content (AvgIpc) is 3.34. The first-order valence-corrected chi connectivity index (χ1v) is 12.3. The van der Waals surface area contributed by atoms with Crippen molar-refractivity contribution < 1.29 is 0 Å². The number of aromatic nitrogens is 3. The molecule has 174 valence electrons. The van der Waals surface area contributed by atoms with Crippen molar-refractivity contribution in [2.45, 2.75) is 39.5 Å². The van der Waals surface area contributed by atoms with Crippen molar-refractivity contribution >= 4 is 0 Å². The van der Waals surface area contributed by atoms with E-state index < -0.39 is 0 Å². The molecule has 0 fully saturated rings. The van der Waals surface area contributed by atoms with E-state index in [1.807, 2.05) is 6.07 Å². The lowest BCUT2D eigenvalue weighted by molar-refractivity contribution is 0.590. The van der Waals surface area contributed by atoms with Gasteiger partial charge in [-0.15, -0.1) is 10.2 Å². The Morgan fingerprint density at radius 1 is 0.571 bits per heavy atom. The first-order valence-electron chi connectivity index (χ1n) is 12.3. The second-order valence-corrected chi connectivity index (χ2v) is 9.94. The molecule has 0 bridgehead atoms. The zero-order chi connectivity index (χ0) is 24.4. The predicted octanol–water partition coefficient (Wildman–Crippen LogP) is 8.13. The highest BCUT2D eigenvalue weighted by Gasteiger charge is 2.20. The third-order valence-electron chi connectivity index (χ3n) is 6.54. The van der Waals surface area contributed by atoms with Gasteiger partial charge in [0, 0.05) is 11.1 Å². The minimum atomic E-state index is 0.104. The summed E-state index contributed by atoms with van der Waals surface area (Å²) in [5.74, 6) is 1.70. The summed E-state index contributed by atoms with van der Waals surface area (Å²) in [6.07, 6.45) is 0.934. The molecule has 1 aromatic heterocycles. The molecule has 0 saturated carbocycles. The van der Waals surface area contributed by atoms with Gasteiger partial charge in [0.15, 0.2) is 11.6 Å². The number of para-hydroxylation sites is 1. The molecule has 0 atom stereocenters. The highest BCUT2D eigenvalue weighted by atomic mass is 15.3. The molecule has 0 aliphatic heterocycles.